The lowest BCUT2D eigenvalue weighted by Crippen LogP contribution is -2.40. The van der Waals surface area contributed by atoms with E-state index in [1.807, 2.05) is 0 Å². The van der Waals surface area contributed by atoms with Crippen molar-refractivity contribution in [3.8, 4) is 0 Å². The number of aryl methyl sites for hydroxylation is 1. The molecule has 0 unspecified atom stereocenters. The number of ether oxygens (including phenoxy) is 1. The Morgan fingerprint density at radius 3 is 2.63 bits per heavy atom. The lowest BCUT2D eigenvalue weighted by atomic mass is 10.0. The van der Waals surface area contributed by atoms with Gasteiger partial charge in [-0.25, -0.2) is 9.18 Å². The molecule has 1 aliphatic heterocycles. The van der Waals surface area contributed by atoms with Crippen molar-refractivity contribution in [3.05, 3.63) is 47.0 Å². The molecule has 1 aromatic heterocycles. The van der Waals surface area contributed by atoms with Gasteiger partial charge in [0, 0.05) is 31.3 Å². The minimum atomic E-state index is -0.600. The maximum Gasteiger partial charge on any atom is 0.410 e. The third kappa shape index (κ3) is 4.10. The van der Waals surface area contributed by atoms with Crippen molar-refractivity contribution in [2.75, 3.05) is 11.9 Å². The molecule has 2 aromatic rings. The van der Waals surface area contributed by atoms with Gasteiger partial charge in [-0.15, -0.1) is 0 Å². The quantitative estimate of drug-likeness (QED) is 0.876. The Kier molecular flexibility index (Phi) is 4.91. The van der Waals surface area contributed by atoms with Crippen LogP contribution >= 0.6 is 0 Å². The van der Waals surface area contributed by atoms with Crippen LogP contribution in [0.2, 0.25) is 0 Å². The van der Waals surface area contributed by atoms with Gasteiger partial charge in [0.15, 0.2) is 5.69 Å². The van der Waals surface area contributed by atoms with Gasteiger partial charge in [0.05, 0.1) is 12.2 Å². The van der Waals surface area contributed by atoms with Gasteiger partial charge < -0.3 is 15.0 Å². The van der Waals surface area contributed by atoms with E-state index >= 15 is 0 Å². The Morgan fingerprint density at radius 1 is 1.26 bits per heavy atom. The topological polar surface area (TPSA) is 76.5 Å². The molecule has 0 saturated heterocycles. The number of carbonyl (C=O) groups excluding carboxylic acids is 2. The maximum atomic E-state index is 13.8. The third-order valence-electron chi connectivity index (χ3n) is 4.23. The summed E-state index contributed by atoms with van der Waals surface area (Å²) in [5.41, 5.74) is 1.21. The van der Waals surface area contributed by atoms with Crippen LogP contribution in [0.15, 0.2) is 24.3 Å². The summed E-state index contributed by atoms with van der Waals surface area (Å²) in [6, 6.07) is 5.94. The summed E-state index contributed by atoms with van der Waals surface area (Å²) in [5, 5.41) is 6.84. The lowest BCUT2D eigenvalue weighted by molar-refractivity contribution is 0.0222. The predicted octanol–water partition coefficient (Wildman–Crippen LogP) is 3.10. The zero-order valence-electron chi connectivity index (χ0n) is 15.9. The summed E-state index contributed by atoms with van der Waals surface area (Å²) in [6.45, 7) is 6.11. The van der Waals surface area contributed by atoms with Crippen LogP contribution in [0.25, 0.3) is 0 Å². The van der Waals surface area contributed by atoms with Gasteiger partial charge in [0.2, 0.25) is 0 Å². The second kappa shape index (κ2) is 7.02. The smallest absolute Gasteiger partial charge is 0.410 e. The van der Waals surface area contributed by atoms with Gasteiger partial charge in [0.25, 0.3) is 5.91 Å². The Hall–Kier alpha value is -2.90. The van der Waals surface area contributed by atoms with Gasteiger partial charge in [0.1, 0.15) is 11.4 Å². The average Bonchev–Trinajstić information content (AvgIpc) is 2.92. The second-order valence-corrected chi connectivity index (χ2v) is 7.48. The molecular weight excluding hydrogens is 351 g/mol. The highest BCUT2D eigenvalue weighted by atomic mass is 19.1. The summed E-state index contributed by atoms with van der Waals surface area (Å²) >= 11 is 0. The highest BCUT2D eigenvalue weighted by Gasteiger charge is 2.31. The maximum absolute atomic E-state index is 13.8. The van der Waals surface area contributed by atoms with Crippen LogP contribution in [0.3, 0.4) is 0 Å². The minimum Gasteiger partial charge on any atom is -0.444 e. The number of aromatic nitrogens is 2. The van der Waals surface area contributed by atoms with Crippen molar-refractivity contribution in [1.82, 2.24) is 14.7 Å². The number of nitrogens with zero attached hydrogens (tertiary/aromatic N) is 3. The second-order valence-electron chi connectivity index (χ2n) is 7.48. The first-order valence-electron chi connectivity index (χ1n) is 8.74. The molecule has 0 bridgehead atoms. The highest BCUT2D eigenvalue weighted by molar-refractivity contribution is 6.04. The number of hydrogen-bond donors (Lipinski definition) is 1. The lowest BCUT2D eigenvalue weighted by Gasteiger charge is -2.30. The SMILES string of the molecule is Cn1nc(C(=O)Nc2ccccc2F)c2c1CCN(C(=O)OC(C)(C)C)C2. The molecule has 0 spiro atoms. The van der Waals surface area contributed by atoms with E-state index < -0.39 is 23.4 Å². The molecule has 27 heavy (non-hydrogen) atoms. The van der Waals surface area contributed by atoms with Gasteiger partial charge in [-0.05, 0) is 32.9 Å². The number of nitrogens with one attached hydrogen (secondary N) is 1. The van der Waals surface area contributed by atoms with E-state index in [9.17, 15) is 14.0 Å². The fourth-order valence-electron chi connectivity index (χ4n) is 3.00. The molecule has 144 valence electrons. The molecule has 1 aliphatic rings. The van der Waals surface area contributed by atoms with Crippen molar-refractivity contribution in [2.45, 2.75) is 39.3 Å². The highest BCUT2D eigenvalue weighted by Crippen LogP contribution is 2.25. The standard InChI is InChI=1S/C19H23FN4O3/c1-19(2,3)27-18(26)24-10-9-15-12(11-24)16(22-23(15)4)17(25)21-14-8-6-5-7-13(14)20/h5-8H,9-11H2,1-4H3,(H,21,25). The number of anilines is 1. The van der Waals surface area contributed by atoms with Crippen molar-refractivity contribution in [3.63, 3.8) is 0 Å². The molecule has 0 radical (unpaired) electrons. The molecule has 0 fully saturated rings. The molecule has 1 aromatic carbocycles. The first-order chi connectivity index (χ1) is 12.7. The Balaban J connectivity index is 1.83. The number of carbonyl (C=O) groups is 2. The molecule has 0 aliphatic carbocycles. The van der Waals surface area contributed by atoms with Crippen molar-refractivity contribution in [1.29, 1.82) is 0 Å². The molecule has 1 N–H and O–H groups in total. The fraction of sp³-hybridized carbons (Fsp3) is 0.421. The van der Waals surface area contributed by atoms with E-state index in [1.165, 1.54) is 12.1 Å². The third-order valence-corrected chi connectivity index (χ3v) is 4.23. The average molecular weight is 374 g/mol. The summed E-state index contributed by atoms with van der Waals surface area (Å²) in [7, 11) is 1.75. The van der Waals surface area contributed by atoms with Crippen LogP contribution in [0.1, 0.15) is 42.5 Å². The molecule has 3 rings (SSSR count). The van der Waals surface area contributed by atoms with E-state index in [2.05, 4.69) is 10.4 Å². The van der Waals surface area contributed by atoms with E-state index in [-0.39, 0.29) is 17.9 Å². The van der Waals surface area contributed by atoms with Crippen molar-refractivity contribution >= 4 is 17.7 Å². The van der Waals surface area contributed by atoms with E-state index in [0.29, 0.717) is 18.5 Å². The van der Waals surface area contributed by atoms with Crippen LogP contribution in [0, 0.1) is 5.82 Å². The van der Waals surface area contributed by atoms with E-state index in [0.717, 1.165) is 5.69 Å². The molecule has 2 amide bonds. The largest absolute Gasteiger partial charge is 0.444 e. The van der Waals surface area contributed by atoms with Gasteiger partial charge >= 0.3 is 6.09 Å². The number of amides is 2. The first kappa shape index (κ1) is 18.9. The molecule has 0 saturated carbocycles. The number of halogens is 1. The minimum absolute atomic E-state index is 0.0849. The summed E-state index contributed by atoms with van der Waals surface area (Å²) < 4.78 is 20.9. The van der Waals surface area contributed by atoms with E-state index in [1.54, 1.807) is 49.5 Å². The molecule has 0 atom stereocenters. The summed E-state index contributed by atoms with van der Waals surface area (Å²) in [4.78, 5) is 26.6. The number of fused-ring (bicyclic) bond motifs is 1. The van der Waals surface area contributed by atoms with Gasteiger partial charge in [-0.2, -0.15) is 5.10 Å². The molecular formula is C19H23FN4O3. The van der Waals surface area contributed by atoms with Gasteiger partial charge in [-0.3, -0.25) is 9.48 Å². The number of hydrogen-bond acceptors (Lipinski definition) is 4. The monoisotopic (exact) mass is 374 g/mol. The number of para-hydroxylation sites is 1. The molecule has 8 heteroatoms. The van der Waals surface area contributed by atoms with Crippen LogP contribution in [0.5, 0.6) is 0 Å². The number of rotatable bonds is 2. The predicted molar refractivity (Wildman–Crippen MR) is 97.9 cm³/mol. The fourth-order valence-corrected chi connectivity index (χ4v) is 3.00. The Bertz CT molecular complexity index is 886. The van der Waals surface area contributed by atoms with Crippen molar-refractivity contribution < 1.29 is 18.7 Å². The molecule has 7 nitrogen and oxygen atoms in total. The zero-order valence-corrected chi connectivity index (χ0v) is 15.9. The van der Waals surface area contributed by atoms with E-state index in [4.69, 9.17) is 4.74 Å². The van der Waals surface area contributed by atoms with Crippen LogP contribution in [-0.2, 0) is 24.8 Å². The summed E-state index contributed by atoms with van der Waals surface area (Å²) in [6.07, 6.45) is 0.128. The normalized spacial score (nSPS) is 13.9. The Labute approximate surface area is 157 Å². The molecule has 2 heterocycles. The number of benzene rings is 1. The van der Waals surface area contributed by atoms with Gasteiger partial charge in [-0.1, -0.05) is 12.1 Å². The Morgan fingerprint density at radius 2 is 1.96 bits per heavy atom. The van der Waals surface area contributed by atoms with Crippen LogP contribution in [0.4, 0.5) is 14.9 Å². The van der Waals surface area contributed by atoms with Crippen LogP contribution in [-0.4, -0.2) is 38.8 Å². The zero-order chi connectivity index (χ0) is 19.8. The van der Waals surface area contributed by atoms with Crippen LogP contribution < -0.4 is 5.32 Å². The first-order valence-corrected chi connectivity index (χ1v) is 8.74. The van der Waals surface area contributed by atoms with Crippen molar-refractivity contribution in [2.24, 2.45) is 7.05 Å². The summed E-state index contributed by atoms with van der Waals surface area (Å²) in [5.74, 6) is -1.03.